The predicted molar refractivity (Wildman–Crippen MR) is 107 cm³/mol. The third-order valence-corrected chi connectivity index (χ3v) is 5.89. The summed E-state index contributed by atoms with van der Waals surface area (Å²) in [6.07, 6.45) is 6.36. The maximum absolute atomic E-state index is 14.1. The number of aromatic nitrogens is 3. The molecule has 2 fully saturated rings. The Balaban J connectivity index is 1.50. The van der Waals surface area contributed by atoms with Gasteiger partial charge in [-0.2, -0.15) is 5.10 Å². The highest BCUT2D eigenvalue weighted by molar-refractivity contribution is 5.94. The van der Waals surface area contributed by atoms with Gasteiger partial charge in [0.2, 0.25) is 0 Å². The largest absolute Gasteiger partial charge is 0.490 e. The number of hydrogen-bond donors (Lipinski definition) is 2. The van der Waals surface area contributed by atoms with Gasteiger partial charge in [0.15, 0.2) is 5.65 Å². The van der Waals surface area contributed by atoms with E-state index in [1.165, 1.54) is 22.8 Å². The van der Waals surface area contributed by atoms with Crippen molar-refractivity contribution in [2.24, 2.45) is 5.73 Å². The monoisotopic (exact) mass is 411 g/mol. The van der Waals surface area contributed by atoms with Crippen LogP contribution in [0, 0.1) is 5.82 Å². The summed E-state index contributed by atoms with van der Waals surface area (Å²) in [6, 6.07) is 6.46. The normalized spacial score (nSPS) is 23.5. The van der Waals surface area contributed by atoms with Crippen molar-refractivity contribution < 1.29 is 19.0 Å². The first-order chi connectivity index (χ1) is 14.5. The van der Waals surface area contributed by atoms with Gasteiger partial charge in [-0.15, -0.1) is 0 Å². The first-order valence-electron chi connectivity index (χ1n) is 10.1. The Morgan fingerprint density at radius 3 is 2.90 bits per heavy atom. The standard InChI is InChI=1S/C21H22FN5O3/c22-12-3-4-18(30-14-9-13(23)10-14)15(8-12)17-2-1-6-26(17)19-5-7-27-20(25-19)16(11-24-27)21(28)29/h3-5,7-8,11,13-14,17H,1-2,6,9-10,23H2,(H,28,29)/t13?,14?,17-/m1/s1. The van der Waals surface area contributed by atoms with Crippen molar-refractivity contribution in [2.45, 2.75) is 43.9 Å². The van der Waals surface area contributed by atoms with Crippen LogP contribution < -0.4 is 15.4 Å². The number of carboxylic acid groups (broad SMARTS) is 1. The summed E-state index contributed by atoms with van der Waals surface area (Å²) < 4.78 is 21.7. The van der Waals surface area contributed by atoms with E-state index in [-0.39, 0.29) is 35.2 Å². The first-order valence-corrected chi connectivity index (χ1v) is 10.1. The van der Waals surface area contributed by atoms with Gasteiger partial charge in [0, 0.05) is 24.3 Å². The molecule has 9 heteroatoms. The number of halogens is 1. The van der Waals surface area contributed by atoms with Crippen molar-refractivity contribution in [3.05, 3.63) is 53.6 Å². The lowest BCUT2D eigenvalue weighted by Gasteiger charge is -2.34. The van der Waals surface area contributed by atoms with Gasteiger partial charge in [-0.3, -0.25) is 0 Å². The van der Waals surface area contributed by atoms with Crippen molar-refractivity contribution in [3.63, 3.8) is 0 Å². The summed E-state index contributed by atoms with van der Waals surface area (Å²) >= 11 is 0. The second kappa shape index (κ2) is 7.24. The number of ether oxygens (including phenoxy) is 1. The molecule has 3 N–H and O–H groups in total. The van der Waals surface area contributed by atoms with Crippen molar-refractivity contribution in [1.82, 2.24) is 14.6 Å². The van der Waals surface area contributed by atoms with Gasteiger partial charge < -0.3 is 20.5 Å². The van der Waals surface area contributed by atoms with Crippen LogP contribution in [0.2, 0.25) is 0 Å². The second-order valence-corrected chi connectivity index (χ2v) is 7.92. The fraction of sp³-hybridized carbons (Fsp3) is 0.381. The van der Waals surface area contributed by atoms with Gasteiger partial charge in [0.05, 0.1) is 12.2 Å². The molecule has 3 heterocycles. The van der Waals surface area contributed by atoms with Crippen LogP contribution in [0.15, 0.2) is 36.7 Å². The van der Waals surface area contributed by atoms with Crippen LogP contribution in [0.4, 0.5) is 10.2 Å². The maximum atomic E-state index is 14.1. The van der Waals surface area contributed by atoms with Crippen LogP contribution >= 0.6 is 0 Å². The number of nitrogens with zero attached hydrogens (tertiary/aromatic N) is 4. The molecule has 2 aromatic heterocycles. The minimum atomic E-state index is -1.08. The number of hydrogen-bond acceptors (Lipinski definition) is 6. The van der Waals surface area contributed by atoms with Crippen molar-refractivity contribution in [1.29, 1.82) is 0 Å². The highest BCUT2D eigenvalue weighted by atomic mass is 19.1. The zero-order chi connectivity index (χ0) is 20.8. The molecule has 8 nitrogen and oxygen atoms in total. The van der Waals surface area contributed by atoms with Crippen LogP contribution in [-0.4, -0.2) is 44.4 Å². The van der Waals surface area contributed by atoms with E-state index >= 15 is 0 Å². The smallest absolute Gasteiger partial charge is 0.341 e. The number of anilines is 1. The number of nitrogens with two attached hydrogens (primary N) is 1. The molecular weight excluding hydrogens is 389 g/mol. The molecule has 5 rings (SSSR count). The molecule has 0 unspecified atom stereocenters. The molecule has 3 aromatic rings. The molecule has 0 spiro atoms. The fourth-order valence-electron chi connectivity index (χ4n) is 4.30. The van der Waals surface area contributed by atoms with E-state index in [4.69, 9.17) is 10.5 Å². The topological polar surface area (TPSA) is 106 Å². The SMILES string of the molecule is NC1CC(Oc2ccc(F)cc2[C@H]2CCCN2c2ccn3ncc(C(=O)O)c3n2)C1. The third-order valence-electron chi connectivity index (χ3n) is 5.89. The van der Waals surface area contributed by atoms with E-state index in [1.54, 1.807) is 18.3 Å². The Morgan fingerprint density at radius 2 is 2.13 bits per heavy atom. The van der Waals surface area contributed by atoms with Gasteiger partial charge in [0.1, 0.15) is 29.1 Å². The minimum absolute atomic E-state index is 0.0451. The summed E-state index contributed by atoms with van der Waals surface area (Å²) in [5.41, 5.74) is 6.98. The molecule has 156 valence electrons. The van der Waals surface area contributed by atoms with Crippen molar-refractivity contribution >= 4 is 17.4 Å². The molecule has 1 atom stereocenters. The molecule has 0 bridgehead atoms. The number of benzene rings is 1. The number of rotatable bonds is 5. The van der Waals surface area contributed by atoms with E-state index in [2.05, 4.69) is 15.0 Å². The van der Waals surface area contributed by atoms with Crippen molar-refractivity contribution in [2.75, 3.05) is 11.4 Å². The van der Waals surface area contributed by atoms with Gasteiger partial charge >= 0.3 is 5.97 Å². The molecule has 1 aliphatic heterocycles. The fourth-order valence-corrected chi connectivity index (χ4v) is 4.30. The molecule has 30 heavy (non-hydrogen) atoms. The Hall–Kier alpha value is -3.20. The Morgan fingerprint density at radius 1 is 1.30 bits per heavy atom. The average molecular weight is 411 g/mol. The highest BCUT2D eigenvalue weighted by Gasteiger charge is 2.33. The quantitative estimate of drug-likeness (QED) is 0.665. The summed E-state index contributed by atoms with van der Waals surface area (Å²) in [7, 11) is 0. The number of fused-ring (bicyclic) bond motifs is 1. The van der Waals surface area contributed by atoms with Crippen LogP contribution in [0.1, 0.15) is 47.6 Å². The van der Waals surface area contributed by atoms with E-state index in [0.29, 0.717) is 11.6 Å². The maximum Gasteiger partial charge on any atom is 0.341 e. The lowest BCUT2D eigenvalue weighted by Crippen LogP contribution is -2.43. The summed E-state index contributed by atoms with van der Waals surface area (Å²) in [5.74, 6) is -0.0928. The second-order valence-electron chi connectivity index (χ2n) is 7.92. The molecular formula is C21H22FN5O3. The molecule has 1 aromatic carbocycles. The number of carboxylic acids is 1. The molecule has 0 radical (unpaired) electrons. The summed E-state index contributed by atoms with van der Waals surface area (Å²) in [6.45, 7) is 0.731. The van der Waals surface area contributed by atoms with Crippen LogP contribution in [-0.2, 0) is 0 Å². The van der Waals surface area contributed by atoms with Crippen LogP contribution in [0.5, 0.6) is 5.75 Å². The number of carbonyl (C=O) groups is 1. The lowest BCUT2D eigenvalue weighted by atomic mass is 9.90. The van der Waals surface area contributed by atoms with Gasteiger partial charge in [0.25, 0.3) is 0 Å². The number of aromatic carboxylic acids is 1. The van der Waals surface area contributed by atoms with Crippen molar-refractivity contribution in [3.8, 4) is 5.75 Å². The Labute approximate surface area is 172 Å². The van der Waals surface area contributed by atoms with E-state index < -0.39 is 5.97 Å². The summed E-state index contributed by atoms with van der Waals surface area (Å²) in [4.78, 5) is 18.1. The lowest BCUT2D eigenvalue weighted by molar-refractivity contribution is 0.0698. The first kappa shape index (κ1) is 18.8. The van der Waals surface area contributed by atoms with Gasteiger partial charge in [-0.05, 0) is 49.9 Å². The molecule has 1 saturated heterocycles. The van der Waals surface area contributed by atoms with Crippen LogP contribution in [0.3, 0.4) is 0 Å². The molecule has 0 amide bonds. The Bertz CT molecular complexity index is 1110. The third kappa shape index (κ3) is 3.24. The van der Waals surface area contributed by atoms with E-state index in [1.807, 2.05) is 0 Å². The molecule has 1 saturated carbocycles. The molecule has 1 aliphatic carbocycles. The van der Waals surface area contributed by atoms with Gasteiger partial charge in [-0.1, -0.05) is 0 Å². The van der Waals surface area contributed by atoms with E-state index in [0.717, 1.165) is 37.8 Å². The van der Waals surface area contributed by atoms with E-state index in [9.17, 15) is 14.3 Å². The van der Waals surface area contributed by atoms with Gasteiger partial charge in [-0.25, -0.2) is 18.7 Å². The highest BCUT2D eigenvalue weighted by Crippen LogP contribution is 2.41. The molecule has 2 aliphatic rings. The zero-order valence-electron chi connectivity index (χ0n) is 16.2. The Kier molecular flexibility index (Phi) is 4.54. The average Bonchev–Trinajstić information content (AvgIpc) is 3.34. The predicted octanol–water partition coefficient (Wildman–Crippen LogP) is 2.78. The zero-order valence-corrected chi connectivity index (χ0v) is 16.2. The summed E-state index contributed by atoms with van der Waals surface area (Å²) in [5, 5.41) is 13.4. The van der Waals surface area contributed by atoms with Crippen LogP contribution in [0.25, 0.3) is 5.65 Å². The minimum Gasteiger partial charge on any atom is -0.490 e.